The summed E-state index contributed by atoms with van der Waals surface area (Å²) in [5.74, 6) is -0.543. The highest BCUT2D eigenvalue weighted by atomic mass is 35.5. The Morgan fingerprint density at radius 3 is 2.34 bits per heavy atom. The van der Waals surface area contributed by atoms with E-state index in [1.54, 1.807) is 44.4 Å². The highest BCUT2D eigenvalue weighted by Crippen LogP contribution is 2.28. The Morgan fingerprint density at radius 1 is 1.09 bits per heavy atom. The van der Waals surface area contributed by atoms with Crippen LogP contribution < -0.4 is 14.4 Å². The normalized spacial score (nSPS) is 12.1. The van der Waals surface area contributed by atoms with Gasteiger partial charge in [0, 0.05) is 0 Å². The number of benzene rings is 3. The lowest BCUT2D eigenvalue weighted by Crippen LogP contribution is -2.41. The van der Waals surface area contributed by atoms with Gasteiger partial charge in [-0.3, -0.25) is 9.10 Å². The highest BCUT2D eigenvalue weighted by molar-refractivity contribution is 7.92. The summed E-state index contributed by atoms with van der Waals surface area (Å²) in [5, 5.41) is 2.54. The number of methoxy groups -OCH3 is 1. The average molecular weight is 477 g/mol. The van der Waals surface area contributed by atoms with Gasteiger partial charge < -0.3 is 10.1 Å². The van der Waals surface area contributed by atoms with Crippen LogP contribution >= 0.6 is 11.6 Å². The van der Waals surface area contributed by atoms with Crippen LogP contribution in [0, 0.1) is 5.82 Å². The standard InChI is InChI=1S/C23H22ClFN2O4S/c1-16(17-8-11-19(31-2)12-9-17)26-23(28)15-27(18-10-13-22(25)21(24)14-18)32(29,30)20-6-4-3-5-7-20/h3-14,16H,15H2,1-2H3,(H,26,28)/t16-/m0/s1. The van der Waals surface area contributed by atoms with Gasteiger partial charge in [-0.2, -0.15) is 0 Å². The number of halogens is 2. The van der Waals surface area contributed by atoms with Crippen LogP contribution in [0.2, 0.25) is 5.02 Å². The molecule has 1 amide bonds. The summed E-state index contributed by atoms with van der Waals surface area (Å²) in [4.78, 5) is 12.8. The van der Waals surface area contributed by atoms with Crippen molar-refractivity contribution < 1.29 is 22.3 Å². The predicted octanol–water partition coefficient (Wildman–Crippen LogP) is 4.56. The molecular formula is C23H22ClFN2O4S. The first-order chi connectivity index (χ1) is 15.2. The molecule has 0 saturated heterocycles. The van der Waals surface area contributed by atoms with Crippen molar-refractivity contribution in [3.05, 3.63) is 89.2 Å². The molecule has 0 heterocycles. The summed E-state index contributed by atoms with van der Waals surface area (Å²) in [6.07, 6.45) is 0. The van der Waals surface area contributed by atoms with Crippen LogP contribution in [0.1, 0.15) is 18.5 Å². The Balaban J connectivity index is 1.88. The van der Waals surface area contributed by atoms with Gasteiger partial charge in [-0.05, 0) is 55.0 Å². The molecule has 0 aliphatic heterocycles. The minimum atomic E-state index is -4.11. The van der Waals surface area contributed by atoms with Crippen LogP contribution in [0.3, 0.4) is 0 Å². The first kappa shape index (κ1) is 23.6. The highest BCUT2D eigenvalue weighted by Gasteiger charge is 2.28. The van der Waals surface area contributed by atoms with Gasteiger partial charge in [0.15, 0.2) is 0 Å². The van der Waals surface area contributed by atoms with Gasteiger partial charge in [0.05, 0.1) is 28.8 Å². The molecule has 0 aromatic heterocycles. The van der Waals surface area contributed by atoms with Crippen molar-refractivity contribution >= 4 is 33.2 Å². The summed E-state index contributed by atoms with van der Waals surface area (Å²) in [6.45, 7) is 1.27. The van der Waals surface area contributed by atoms with Gasteiger partial charge in [0.2, 0.25) is 5.91 Å². The molecule has 0 aliphatic rings. The summed E-state index contributed by atoms with van der Waals surface area (Å²) >= 11 is 5.87. The van der Waals surface area contributed by atoms with E-state index in [-0.39, 0.29) is 21.6 Å². The molecule has 9 heteroatoms. The van der Waals surface area contributed by atoms with Gasteiger partial charge in [0.25, 0.3) is 10.0 Å². The van der Waals surface area contributed by atoms with Gasteiger partial charge in [-0.25, -0.2) is 12.8 Å². The largest absolute Gasteiger partial charge is 0.497 e. The zero-order chi connectivity index (χ0) is 23.3. The fraction of sp³-hybridized carbons (Fsp3) is 0.174. The number of nitrogens with one attached hydrogen (secondary N) is 1. The average Bonchev–Trinajstić information content (AvgIpc) is 2.80. The van der Waals surface area contributed by atoms with Crippen LogP contribution in [0.15, 0.2) is 77.7 Å². The minimum Gasteiger partial charge on any atom is -0.497 e. The van der Waals surface area contributed by atoms with Gasteiger partial charge >= 0.3 is 0 Å². The van der Waals surface area contributed by atoms with Crippen molar-refractivity contribution in [3.63, 3.8) is 0 Å². The lowest BCUT2D eigenvalue weighted by molar-refractivity contribution is -0.120. The molecule has 1 atom stereocenters. The molecule has 0 unspecified atom stereocenters. The Kier molecular flexibility index (Phi) is 7.37. The summed E-state index contributed by atoms with van der Waals surface area (Å²) in [5.41, 5.74) is 0.897. The van der Waals surface area contributed by atoms with Crippen molar-refractivity contribution in [3.8, 4) is 5.75 Å². The maximum Gasteiger partial charge on any atom is 0.264 e. The van der Waals surface area contributed by atoms with Crippen LogP contribution in [0.25, 0.3) is 0 Å². The molecule has 168 valence electrons. The van der Waals surface area contributed by atoms with Crippen molar-refractivity contribution in [1.82, 2.24) is 5.32 Å². The number of anilines is 1. The number of hydrogen-bond acceptors (Lipinski definition) is 4. The third-order valence-electron chi connectivity index (χ3n) is 4.80. The van der Waals surface area contributed by atoms with E-state index >= 15 is 0 Å². The first-order valence-electron chi connectivity index (χ1n) is 9.68. The molecule has 3 aromatic carbocycles. The lowest BCUT2D eigenvalue weighted by Gasteiger charge is -2.25. The number of rotatable bonds is 8. The quantitative estimate of drug-likeness (QED) is 0.517. The molecule has 0 fully saturated rings. The number of carbonyl (C=O) groups excluding carboxylic acids is 1. The van der Waals surface area contributed by atoms with E-state index in [0.717, 1.165) is 15.9 Å². The Hall–Kier alpha value is -3.10. The van der Waals surface area contributed by atoms with E-state index in [1.807, 2.05) is 12.1 Å². The number of ether oxygens (including phenoxy) is 1. The topological polar surface area (TPSA) is 75.7 Å². The Morgan fingerprint density at radius 2 is 1.75 bits per heavy atom. The van der Waals surface area contributed by atoms with Gasteiger partial charge in [-0.1, -0.05) is 41.9 Å². The molecule has 0 aliphatic carbocycles. The predicted molar refractivity (Wildman–Crippen MR) is 122 cm³/mol. The van der Waals surface area contributed by atoms with E-state index in [0.29, 0.717) is 5.75 Å². The number of sulfonamides is 1. The van der Waals surface area contributed by atoms with E-state index in [4.69, 9.17) is 16.3 Å². The second kappa shape index (κ2) is 10.0. The number of carbonyl (C=O) groups is 1. The van der Waals surface area contributed by atoms with Crippen LogP contribution in [0.5, 0.6) is 5.75 Å². The van der Waals surface area contributed by atoms with Gasteiger partial charge in [0.1, 0.15) is 18.1 Å². The zero-order valence-electron chi connectivity index (χ0n) is 17.5. The number of nitrogens with zero attached hydrogens (tertiary/aromatic N) is 1. The van der Waals surface area contributed by atoms with Crippen LogP contribution in [-0.4, -0.2) is 28.0 Å². The third kappa shape index (κ3) is 5.38. The first-order valence-corrected chi connectivity index (χ1v) is 11.5. The van der Waals surface area contributed by atoms with Gasteiger partial charge in [-0.15, -0.1) is 0 Å². The number of amides is 1. The van der Waals surface area contributed by atoms with E-state index in [2.05, 4.69) is 5.32 Å². The van der Waals surface area contributed by atoms with Crippen molar-refractivity contribution in [2.75, 3.05) is 18.0 Å². The van der Waals surface area contributed by atoms with E-state index < -0.39 is 28.3 Å². The molecule has 3 rings (SSSR count). The molecule has 1 N–H and O–H groups in total. The third-order valence-corrected chi connectivity index (χ3v) is 6.88. The van der Waals surface area contributed by atoms with Crippen molar-refractivity contribution in [2.45, 2.75) is 17.9 Å². The molecule has 0 spiro atoms. The summed E-state index contributed by atoms with van der Waals surface area (Å²) in [6, 6.07) is 18.0. The van der Waals surface area contributed by atoms with E-state index in [9.17, 15) is 17.6 Å². The fourth-order valence-corrected chi connectivity index (χ4v) is 4.68. The fourth-order valence-electron chi connectivity index (χ4n) is 3.07. The maximum absolute atomic E-state index is 13.7. The molecule has 0 bridgehead atoms. The Labute approximate surface area is 191 Å². The second-order valence-electron chi connectivity index (χ2n) is 6.99. The molecule has 6 nitrogen and oxygen atoms in total. The van der Waals surface area contributed by atoms with Crippen LogP contribution in [-0.2, 0) is 14.8 Å². The number of hydrogen-bond donors (Lipinski definition) is 1. The smallest absolute Gasteiger partial charge is 0.264 e. The molecule has 32 heavy (non-hydrogen) atoms. The molecule has 3 aromatic rings. The molecule has 0 radical (unpaired) electrons. The van der Waals surface area contributed by atoms with E-state index in [1.165, 1.54) is 24.3 Å². The Bertz CT molecular complexity index is 1190. The summed E-state index contributed by atoms with van der Waals surface area (Å²) in [7, 11) is -2.55. The van der Waals surface area contributed by atoms with Crippen LogP contribution in [0.4, 0.5) is 10.1 Å². The zero-order valence-corrected chi connectivity index (χ0v) is 19.0. The lowest BCUT2D eigenvalue weighted by atomic mass is 10.1. The molecular weight excluding hydrogens is 455 g/mol. The minimum absolute atomic E-state index is 0.00329. The summed E-state index contributed by atoms with van der Waals surface area (Å²) < 4.78 is 46.3. The SMILES string of the molecule is COc1ccc([C@H](C)NC(=O)CN(c2ccc(F)c(Cl)c2)S(=O)(=O)c2ccccc2)cc1. The second-order valence-corrected chi connectivity index (χ2v) is 9.26. The monoisotopic (exact) mass is 476 g/mol. The van der Waals surface area contributed by atoms with Crippen molar-refractivity contribution in [1.29, 1.82) is 0 Å². The van der Waals surface area contributed by atoms with Crippen molar-refractivity contribution in [2.24, 2.45) is 0 Å². The maximum atomic E-state index is 13.7. The molecule has 0 saturated carbocycles.